The zero-order valence-electron chi connectivity index (χ0n) is 18.1. The number of furan rings is 1. The number of anilines is 1. The molecule has 7 heteroatoms. The van der Waals surface area contributed by atoms with E-state index in [2.05, 4.69) is 0 Å². The Morgan fingerprint density at radius 2 is 1.66 bits per heavy atom. The van der Waals surface area contributed by atoms with Crippen molar-refractivity contribution in [3.05, 3.63) is 124 Å². The third kappa shape index (κ3) is 4.52. The number of hydrogen-bond acceptors (Lipinski definition) is 4. The highest BCUT2D eigenvalue weighted by Crippen LogP contribution is 2.36. The molecule has 0 radical (unpaired) electrons. The van der Waals surface area contributed by atoms with E-state index in [1.54, 1.807) is 54.6 Å². The highest BCUT2D eigenvalue weighted by Gasteiger charge is 2.30. The Morgan fingerprint density at radius 3 is 2.37 bits per heavy atom. The van der Waals surface area contributed by atoms with Crippen molar-refractivity contribution in [3.63, 3.8) is 0 Å². The van der Waals surface area contributed by atoms with Gasteiger partial charge in [-0.05, 0) is 65.7 Å². The van der Waals surface area contributed by atoms with Gasteiger partial charge in [-0.15, -0.1) is 0 Å². The van der Waals surface area contributed by atoms with E-state index in [1.165, 1.54) is 17.0 Å². The van der Waals surface area contributed by atoms with Crippen molar-refractivity contribution in [2.24, 2.45) is 0 Å². The lowest BCUT2D eigenvalue weighted by molar-refractivity contribution is -0.255. The number of nitrogens with zero attached hydrogens (tertiary/aromatic N) is 1. The van der Waals surface area contributed by atoms with Gasteiger partial charge in [-0.1, -0.05) is 65.7 Å². The molecular weight excluding hydrogens is 485 g/mol. The van der Waals surface area contributed by atoms with Gasteiger partial charge in [-0.3, -0.25) is 9.69 Å². The number of halogens is 2. The zero-order chi connectivity index (χ0) is 24.5. The van der Waals surface area contributed by atoms with Gasteiger partial charge in [0, 0.05) is 21.8 Å². The molecule has 35 heavy (non-hydrogen) atoms. The highest BCUT2D eigenvalue weighted by molar-refractivity contribution is 6.35. The summed E-state index contributed by atoms with van der Waals surface area (Å²) in [4.78, 5) is 26.2. The van der Waals surface area contributed by atoms with Crippen molar-refractivity contribution in [2.45, 2.75) is 0 Å². The van der Waals surface area contributed by atoms with E-state index in [1.807, 2.05) is 30.3 Å². The normalized spacial score (nSPS) is 14.5. The largest absolute Gasteiger partial charge is 0.545 e. The second-order valence-electron chi connectivity index (χ2n) is 7.80. The van der Waals surface area contributed by atoms with Crippen LogP contribution < -0.4 is 10.0 Å². The molecule has 5 rings (SSSR count). The van der Waals surface area contributed by atoms with Crippen LogP contribution in [0.15, 0.2) is 101 Å². The predicted octanol–water partition coefficient (Wildman–Crippen LogP) is 6.09. The third-order valence-electron chi connectivity index (χ3n) is 5.53. The van der Waals surface area contributed by atoms with Gasteiger partial charge in [-0.25, -0.2) is 0 Å². The first kappa shape index (κ1) is 22.7. The monoisotopic (exact) mass is 500 g/mol. The molecule has 0 atom stereocenters. The number of rotatable bonds is 5. The molecular formula is C28H16Cl2NO4-. The molecule has 3 aromatic carbocycles. The van der Waals surface area contributed by atoms with Gasteiger partial charge in [0.15, 0.2) is 0 Å². The minimum Gasteiger partial charge on any atom is -0.545 e. The molecule has 0 spiro atoms. The molecule has 0 unspecified atom stereocenters. The lowest BCUT2D eigenvalue weighted by Gasteiger charge is -2.21. The van der Waals surface area contributed by atoms with Crippen molar-refractivity contribution in [1.82, 2.24) is 0 Å². The molecule has 4 aromatic rings. The Labute approximate surface area is 211 Å². The fourth-order valence-corrected chi connectivity index (χ4v) is 4.24. The molecule has 0 bridgehead atoms. The molecule has 2 heterocycles. The maximum Gasteiger partial charge on any atom is 0.263 e. The number of carbonyl (C=O) groups excluding carboxylic acids is 2. The van der Waals surface area contributed by atoms with Crippen LogP contribution >= 0.6 is 23.2 Å². The van der Waals surface area contributed by atoms with Crippen LogP contribution in [-0.4, -0.2) is 11.9 Å². The number of amides is 1. The van der Waals surface area contributed by atoms with Crippen molar-refractivity contribution >= 4 is 52.5 Å². The smallest absolute Gasteiger partial charge is 0.263 e. The number of aromatic carboxylic acids is 1. The van der Waals surface area contributed by atoms with E-state index in [9.17, 15) is 14.7 Å². The first-order valence-corrected chi connectivity index (χ1v) is 11.4. The van der Waals surface area contributed by atoms with Crippen molar-refractivity contribution in [2.75, 3.05) is 4.90 Å². The van der Waals surface area contributed by atoms with E-state index >= 15 is 0 Å². The average Bonchev–Trinajstić information content (AvgIpc) is 3.46. The Balaban J connectivity index is 1.54. The van der Waals surface area contributed by atoms with Crippen LogP contribution in [-0.2, 0) is 4.79 Å². The molecule has 1 aromatic heterocycles. The van der Waals surface area contributed by atoms with Gasteiger partial charge in [-0.2, -0.15) is 0 Å². The molecule has 172 valence electrons. The molecule has 0 saturated carbocycles. The summed E-state index contributed by atoms with van der Waals surface area (Å²) in [6, 6.07) is 24.1. The maximum atomic E-state index is 13.5. The second kappa shape index (κ2) is 9.29. The number of hydrogen-bond donors (Lipinski definition) is 0. The third-order valence-corrected chi connectivity index (χ3v) is 6.10. The number of carboxylic acid groups (broad SMARTS) is 1. The number of carboxylic acids is 1. The van der Waals surface area contributed by atoms with Crippen molar-refractivity contribution in [3.8, 4) is 11.3 Å². The van der Waals surface area contributed by atoms with Crippen LogP contribution in [0.2, 0.25) is 10.0 Å². The Morgan fingerprint density at radius 1 is 0.914 bits per heavy atom. The molecule has 1 amide bonds. The molecule has 0 N–H and O–H groups in total. The Bertz CT molecular complexity index is 1500. The molecule has 0 saturated heterocycles. The summed E-state index contributed by atoms with van der Waals surface area (Å²) in [5.74, 6) is -0.560. The van der Waals surface area contributed by atoms with Gasteiger partial charge in [0.2, 0.25) is 0 Å². The van der Waals surface area contributed by atoms with E-state index in [-0.39, 0.29) is 11.5 Å². The first-order chi connectivity index (χ1) is 16.9. The Hall–Kier alpha value is -4.06. The number of benzene rings is 3. The van der Waals surface area contributed by atoms with Crippen LogP contribution in [0.1, 0.15) is 21.7 Å². The highest BCUT2D eigenvalue weighted by atomic mass is 35.5. The van der Waals surface area contributed by atoms with Crippen LogP contribution in [0.3, 0.4) is 0 Å². The van der Waals surface area contributed by atoms with Gasteiger partial charge < -0.3 is 14.3 Å². The summed E-state index contributed by atoms with van der Waals surface area (Å²) in [7, 11) is 0. The minimum absolute atomic E-state index is 0.0317. The SMILES string of the molecule is O=C([O-])c1ccc(N2C(=O)/C(=C/c3ccc(-c4cc(Cl)ccc4Cl)o3)C=C2c2ccccc2)cc1. The molecule has 0 aliphatic carbocycles. The fraction of sp³-hybridized carbons (Fsp3) is 0. The van der Waals surface area contributed by atoms with E-state index in [4.69, 9.17) is 27.6 Å². The summed E-state index contributed by atoms with van der Waals surface area (Å²) < 4.78 is 5.95. The van der Waals surface area contributed by atoms with Crippen LogP contribution in [0, 0.1) is 0 Å². The zero-order valence-corrected chi connectivity index (χ0v) is 19.6. The van der Waals surface area contributed by atoms with Gasteiger partial charge in [0.1, 0.15) is 11.5 Å². The van der Waals surface area contributed by atoms with Crippen molar-refractivity contribution < 1.29 is 19.1 Å². The average molecular weight is 501 g/mol. The predicted molar refractivity (Wildman–Crippen MR) is 135 cm³/mol. The quantitative estimate of drug-likeness (QED) is 0.311. The van der Waals surface area contributed by atoms with Gasteiger partial charge in [0.25, 0.3) is 5.91 Å². The molecule has 1 aliphatic heterocycles. The summed E-state index contributed by atoms with van der Waals surface area (Å²) in [6.45, 7) is 0. The number of carbonyl (C=O) groups is 2. The summed E-state index contributed by atoms with van der Waals surface area (Å²) >= 11 is 12.4. The van der Waals surface area contributed by atoms with Gasteiger partial charge in [0.05, 0.1) is 16.7 Å². The fourth-order valence-electron chi connectivity index (χ4n) is 3.85. The van der Waals surface area contributed by atoms with Crippen LogP contribution in [0.25, 0.3) is 23.1 Å². The Kier molecular flexibility index (Phi) is 6.03. The lowest BCUT2D eigenvalue weighted by atomic mass is 10.1. The molecule has 1 aliphatic rings. The lowest BCUT2D eigenvalue weighted by Crippen LogP contribution is -2.25. The second-order valence-corrected chi connectivity index (χ2v) is 8.64. The summed E-state index contributed by atoms with van der Waals surface area (Å²) in [6.07, 6.45) is 3.43. The molecule has 5 nitrogen and oxygen atoms in total. The van der Waals surface area contributed by atoms with E-state index in [0.717, 1.165) is 5.56 Å². The summed E-state index contributed by atoms with van der Waals surface area (Å²) in [5, 5.41) is 12.2. The minimum atomic E-state index is -1.28. The first-order valence-electron chi connectivity index (χ1n) is 10.6. The maximum absolute atomic E-state index is 13.5. The standard InChI is InChI=1S/C28H17Cl2NO4/c29-20-8-12-24(30)23(16-20)26-13-11-22(35-26)14-19-15-25(17-4-2-1-3-5-17)31(27(19)32)21-9-6-18(7-10-21)28(33)34/h1-16H,(H,33,34)/p-1/b19-14+. The van der Waals surface area contributed by atoms with Crippen LogP contribution in [0.5, 0.6) is 0 Å². The topological polar surface area (TPSA) is 73.6 Å². The van der Waals surface area contributed by atoms with Gasteiger partial charge >= 0.3 is 0 Å². The van der Waals surface area contributed by atoms with Crippen molar-refractivity contribution in [1.29, 1.82) is 0 Å². The summed E-state index contributed by atoms with van der Waals surface area (Å²) in [5.41, 5.74) is 3.11. The molecule has 0 fully saturated rings. The van der Waals surface area contributed by atoms with E-state index < -0.39 is 5.97 Å². The van der Waals surface area contributed by atoms with Crippen LogP contribution in [0.4, 0.5) is 5.69 Å². The van der Waals surface area contributed by atoms with E-state index in [0.29, 0.717) is 44.1 Å².